The van der Waals surface area contributed by atoms with Gasteiger partial charge in [-0.25, -0.2) is 0 Å². The maximum Gasteiger partial charge on any atom is 0.157 e. The highest BCUT2D eigenvalue weighted by atomic mass is 16.5. The minimum atomic E-state index is -0.320. The molecule has 0 radical (unpaired) electrons. The minimum absolute atomic E-state index is 0.320. The minimum Gasteiger partial charge on any atom is -0.490 e. The van der Waals surface area contributed by atoms with Crippen LogP contribution in [0.3, 0.4) is 0 Å². The van der Waals surface area contributed by atoms with E-state index < -0.39 is 0 Å². The van der Waals surface area contributed by atoms with E-state index in [9.17, 15) is 0 Å². The van der Waals surface area contributed by atoms with Crippen molar-refractivity contribution in [3.8, 4) is 11.8 Å². The largest absolute Gasteiger partial charge is 0.490 e. The van der Waals surface area contributed by atoms with Crippen molar-refractivity contribution in [3.05, 3.63) is 12.4 Å². The molecule has 88 valence electrons. The van der Waals surface area contributed by atoms with Gasteiger partial charge in [0, 0.05) is 6.54 Å². The lowest BCUT2D eigenvalue weighted by molar-refractivity contribution is 0.264. The van der Waals surface area contributed by atoms with Gasteiger partial charge in [0.25, 0.3) is 0 Å². The highest BCUT2D eigenvalue weighted by Crippen LogP contribution is 2.19. The smallest absolute Gasteiger partial charge is 0.157 e. The Balaban J connectivity index is 2.35. The van der Waals surface area contributed by atoms with E-state index in [1.807, 2.05) is 24.7 Å². The number of nitriles is 1. The van der Waals surface area contributed by atoms with Crippen molar-refractivity contribution in [3.63, 3.8) is 0 Å². The third-order valence-electron chi connectivity index (χ3n) is 2.36. The standard InChI is InChI=1S/C12H19N3O/c1-4-6-15-9-11(8-14-15)16-7-5-12(2,3)10-13/h8-9H,4-7H2,1-3H3. The third-order valence-corrected chi connectivity index (χ3v) is 2.36. The molecule has 0 N–H and O–H groups in total. The molecule has 1 heterocycles. The van der Waals surface area contributed by atoms with Gasteiger partial charge in [-0.15, -0.1) is 0 Å². The molecule has 0 atom stereocenters. The first-order valence-corrected chi connectivity index (χ1v) is 5.64. The molecular weight excluding hydrogens is 202 g/mol. The molecule has 16 heavy (non-hydrogen) atoms. The number of aromatic nitrogens is 2. The van der Waals surface area contributed by atoms with Crippen LogP contribution < -0.4 is 4.74 Å². The fourth-order valence-electron chi connectivity index (χ4n) is 1.25. The average molecular weight is 221 g/mol. The predicted molar refractivity (Wildman–Crippen MR) is 62.0 cm³/mol. The first-order chi connectivity index (χ1) is 7.57. The van der Waals surface area contributed by atoms with Gasteiger partial charge >= 0.3 is 0 Å². The van der Waals surface area contributed by atoms with E-state index in [4.69, 9.17) is 10.00 Å². The fourth-order valence-corrected chi connectivity index (χ4v) is 1.25. The molecule has 1 rings (SSSR count). The lowest BCUT2D eigenvalue weighted by Crippen LogP contribution is -2.12. The van der Waals surface area contributed by atoms with Crippen LogP contribution in [0, 0.1) is 16.7 Å². The van der Waals surface area contributed by atoms with Crippen molar-refractivity contribution >= 4 is 0 Å². The molecule has 0 amide bonds. The molecule has 4 heteroatoms. The Kier molecular flexibility index (Phi) is 4.36. The van der Waals surface area contributed by atoms with Gasteiger partial charge in [-0.3, -0.25) is 4.68 Å². The Morgan fingerprint density at radius 1 is 1.56 bits per heavy atom. The number of rotatable bonds is 6. The lowest BCUT2D eigenvalue weighted by atomic mass is 9.92. The summed E-state index contributed by atoms with van der Waals surface area (Å²) in [6.07, 6.45) is 5.39. The topological polar surface area (TPSA) is 50.8 Å². The summed E-state index contributed by atoms with van der Waals surface area (Å²) >= 11 is 0. The summed E-state index contributed by atoms with van der Waals surface area (Å²) in [6.45, 7) is 7.40. The van der Waals surface area contributed by atoms with Gasteiger partial charge in [-0.2, -0.15) is 10.4 Å². The second kappa shape index (κ2) is 5.55. The van der Waals surface area contributed by atoms with E-state index in [-0.39, 0.29) is 5.41 Å². The van der Waals surface area contributed by atoms with Crippen LogP contribution in [-0.2, 0) is 6.54 Å². The monoisotopic (exact) mass is 221 g/mol. The summed E-state index contributed by atoms with van der Waals surface area (Å²) in [5.74, 6) is 0.780. The molecule has 0 saturated heterocycles. The van der Waals surface area contributed by atoms with Crippen molar-refractivity contribution < 1.29 is 4.74 Å². The average Bonchev–Trinajstić information content (AvgIpc) is 2.66. The Morgan fingerprint density at radius 3 is 2.94 bits per heavy atom. The molecule has 0 unspecified atom stereocenters. The first-order valence-electron chi connectivity index (χ1n) is 5.64. The van der Waals surface area contributed by atoms with Crippen LogP contribution in [0.2, 0.25) is 0 Å². The lowest BCUT2D eigenvalue weighted by Gasteiger charge is -2.14. The maximum absolute atomic E-state index is 8.84. The van der Waals surface area contributed by atoms with Crippen LogP contribution in [0.4, 0.5) is 0 Å². The molecule has 0 bridgehead atoms. The van der Waals surface area contributed by atoms with Crippen LogP contribution in [0.1, 0.15) is 33.6 Å². The molecule has 0 aliphatic carbocycles. The number of hydrogen-bond donors (Lipinski definition) is 0. The van der Waals surface area contributed by atoms with E-state index in [1.54, 1.807) is 6.20 Å². The van der Waals surface area contributed by atoms with Crippen LogP contribution in [0.15, 0.2) is 12.4 Å². The van der Waals surface area contributed by atoms with E-state index in [1.165, 1.54) is 0 Å². The molecule has 0 saturated carbocycles. The van der Waals surface area contributed by atoms with Gasteiger partial charge in [-0.05, 0) is 26.7 Å². The van der Waals surface area contributed by atoms with Crippen molar-refractivity contribution in [2.75, 3.05) is 6.61 Å². The van der Waals surface area contributed by atoms with Gasteiger partial charge in [-0.1, -0.05) is 6.92 Å². The highest BCUT2D eigenvalue weighted by molar-refractivity contribution is 5.11. The van der Waals surface area contributed by atoms with E-state index >= 15 is 0 Å². The summed E-state index contributed by atoms with van der Waals surface area (Å²) in [5.41, 5.74) is -0.320. The summed E-state index contributed by atoms with van der Waals surface area (Å²) < 4.78 is 7.40. The van der Waals surface area contributed by atoms with Gasteiger partial charge in [0.05, 0.1) is 30.5 Å². The van der Waals surface area contributed by atoms with Crippen LogP contribution in [0.5, 0.6) is 5.75 Å². The molecule has 0 aliphatic rings. The van der Waals surface area contributed by atoms with Gasteiger partial charge in [0.2, 0.25) is 0 Å². The SMILES string of the molecule is CCCn1cc(OCCC(C)(C)C#N)cn1. The summed E-state index contributed by atoms with van der Waals surface area (Å²) in [7, 11) is 0. The van der Waals surface area contributed by atoms with E-state index in [0.29, 0.717) is 6.61 Å². The zero-order chi connectivity index (χ0) is 12.0. The van der Waals surface area contributed by atoms with E-state index in [0.717, 1.165) is 25.1 Å². The molecule has 0 fully saturated rings. The van der Waals surface area contributed by atoms with Crippen LogP contribution in [-0.4, -0.2) is 16.4 Å². The van der Waals surface area contributed by atoms with Crippen molar-refractivity contribution in [1.82, 2.24) is 9.78 Å². The Morgan fingerprint density at radius 2 is 2.31 bits per heavy atom. The van der Waals surface area contributed by atoms with Gasteiger partial charge < -0.3 is 4.74 Å². The zero-order valence-electron chi connectivity index (χ0n) is 10.2. The molecular formula is C12H19N3O. The summed E-state index contributed by atoms with van der Waals surface area (Å²) in [5, 5.41) is 13.0. The van der Waals surface area contributed by atoms with Crippen LogP contribution >= 0.6 is 0 Å². The summed E-state index contributed by atoms with van der Waals surface area (Å²) in [6, 6.07) is 2.25. The fraction of sp³-hybridized carbons (Fsp3) is 0.667. The van der Waals surface area contributed by atoms with Crippen LogP contribution in [0.25, 0.3) is 0 Å². The predicted octanol–water partition coefficient (Wildman–Crippen LogP) is 2.61. The zero-order valence-corrected chi connectivity index (χ0v) is 10.2. The van der Waals surface area contributed by atoms with Crippen molar-refractivity contribution in [2.24, 2.45) is 5.41 Å². The summed E-state index contributed by atoms with van der Waals surface area (Å²) in [4.78, 5) is 0. The molecule has 1 aromatic rings. The second-order valence-corrected chi connectivity index (χ2v) is 4.53. The molecule has 0 spiro atoms. The quantitative estimate of drug-likeness (QED) is 0.742. The third kappa shape index (κ3) is 3.93. The number of ether oxygens (including phenoxy) is 1. The molecule has 4 nitrogen and oxygen atoms in total. The normalized spacial score (nSPS) is 11.1. The van der Waals surface area contributed by atoms with E-state index in [2.05, 4.69) is 18.1 Å². The van der Waals surface area contributed by atoms with Crippen molar-refractivity contribution in [1.29, 1.82) is 5.26 Å². The Bertz CT molecular complexity index is 363. The first kappa shape index (κ1) is 12.6. The van der Waals surface area contributed by atoms with Gasteiger partial charge in [0.1, 0.15) is 0 Å². The van der Waals surface area contributed by atoms with Gasteiger partial charge in [0.15, 0.2) is 5.75 Å². The Labute approximate surface area is 96.8 Å². The second-order valence-electron chi connectivity index (χ2n) is 4.53. The highest BCUT2D eigenvalue weighted by Gasteiger charge is 2.16. The Hall–Kier alpha value is -1.50. The molecule has 0 aliphatic heterocycles. The number of aryl methyl sites for hydroxylation is 1. The number of nitrogens with zero attached hydrogens (tertiary/aromatic N) is 3. The maximum atomic E-state index is 8.84. The molecule has 1 aromatic heterocycles. The van der Waals surface area contributed by atoms with Crippen molar-refractivity contribution in [2.45, 2.75) is 40.2 Å². The number of hydrogen-bond acceptors (Lipinski definition) is 3. The molecule has 0 aromatic carbocycles.